The molecule has 2 N–H and O–H groups in total. The van der Waals surface area contributed by atoms with Crippen LogP contribution in [0.4, 0.5) is 17.6 Å². The average Bonchev–Trinajstić information content (AvgIpc) is 2.77. The van der Waals surface area contributed by atoms with Gasteiger partial charge in [0, 0.05) is 23.9 Å². The monoisotopic (exact) mass is 462 g/mol. The third kappa shape index (κ3) is 5.65. The van der Waals surface area contributed by atoms with Crippen molar-refractivity contribution >= 4 is 11.9 Å². The van der Waals surface area contributed by atoms with Gasteiger partial charge in [-0.3, -0.25) is 4.79 Å². The number of pyridine rings is 1. The minimum absolute atomic E-state index is 0.0778. The van der Waals surface area contributed by atoms with E-state index >= 15 is 0 Å². The van der Waals surface area contributed by atoms with E-state index in [2.05, 4.69) is 10.3 Å². The molecule has 0 saturated heterocycles. The van der Waals surface area contributed by atoms with Crippen molar-refractivity contribution in [1.82, 2.24) is 10.3 Å². The summed E-state index contributed by atoms with van der Waals surface area (Å²) in [6.07, 6.45) is -3.25. The molecule has 0 radical (unpaired) electrons. The van der Waals surface area contributed by atoms with Crippen LogP contribution in [0.2, 0.25) is 0 Å². The lowest BCUT2D eigenvalue weighted by molar-refractivity contribution is -0.137. The highest BCUT2D eigenvalue weighted by atomic mass is 19.4. The lowest BCUT2D eigenvalue weighted by Gasteiger charge is -2.13. The van der Waals surface area contributed by atoms with Gasteiger partial charge in [-0.2, -0.15) is 13.2 Å². The van der Waals surface area contributed by atoms with Gasteiger partial charge in [0.25, 0.3) is 5.91 Å². The van der Waals surface area contributed by atoms with Crippen LogP contribution in [0.3, 0.4) is 0 Å². The van der Waals surface area contributed by atoms with E-state index in [0.29, 0.717) is 22.8 Å². The number of carboxylic acid groups (broad SMARTS) is 1. The summed E-state index contributed by atoms with van der Waals surface area (Å²) >= 11 is 0. The van der Waals surface area contributed by atoms with E-state index in [4.69, 9.17) is 4.74 Å². The van der Waals surface area contributed by atoms with Gasteiger partial charge in [0.2, 0.25) is 5.88 Å². The number of nitrogens with zero attached hydrogens (tertiary/aromatic N) is 1. The van der Waals surface area contributed by atoms with E-state index in [1.54, 1.807) is 25.1 Å². The number of rotatable bonds is 7. The molecule has 0 bridgehead atoms. The molecule has 1 aromatic heterocycles. The molecular weight excluding hydrogens is 444 g/mol. The number of halogens is 4. The molecule has 10 heteroatoms. The van der Waals surface area contributed by atoms with Gasteiger partial charge in [-0.1, -0.05) is 12.1 Å². The van der Waals surface area contributed by atoms with Crippen LogP contribution < -0.4 is 10.1 Å². The molecule has 0 atom stereocenters. The first-order chi connectivity index (χ1) is 15.6. The predicted octanol–water partition coefficient (Wildman–Crippen LogP) is 4.93. The van der Waals surface area contributed by atoms with Gasteiger partial charge in [-0.25, -0.2) is 14.2 Å². The average molecular weight is 462 g/mol. The summed E-state index contributed by atoms with van der Waals surface area (Å²) in [7, 11) is 0. The Morgan fingerprint density at radius 3 is 2.48 bits per heavy atom. The fraction of sp³-hybridized carbons (Fsp3) is 0.174. The van der Waals surface area contributed by atoms with Crippen molar-refractivity contribution in [3.63, 3.8) is 0 Å². The SMILES string of the molecule is CCOc1ncc(-c2cccc(C(=O)O)c2)cc1CNC(=O)c1ccc(C(F)(F)F)cc1F. The third-order valence-corrected chi connectivity index (χ3v) is 4.63. The highest BCUT2D eigenvalue weighted by molar-refractivity contribution is 5.94. The Kier molecular flexibility index (Phi) is 6.95. The first-order valence-electron chi connectivity index (χ1n) is 9.70. The molecule has 6 nitrogen and oxygen atoms in total. The van der Waals surface area contributed by atoms with E-state index in [0.717, 1.165) is 6.07 Å². The van der Waals surface area contributed by atoms with Crippen LogP contribution in [-0.2, 0) is 12.7 Å². The fourth-order valence-electron chi connectivity index (χ4n) is 3.03. The van der Waals surface area contributed by atoms with E-state index in [-0.39, 0.29) is 30.7 Å². The molecule has 172 valence electrons. The van der Waals surface area contributed by atoms with Crippen LogP contribution in [0.1, 0.15) is 38.8 Å². The maximum Gasteiger partial charge on any atom is 0.416 e. The number of nitrogens with one attached hydrogen (secondary N) is 1. The molecule has 2 aromatic carbocycles. The smallest absolute Gasteiger partial charge is 0.416 e. The van der Waals surface area contributed by atoms with Crippen molar-refractivity contribution in [2.24, 2.45) is 0 Å². The van der Waals surface area contributed by atoms with Gasteiger partial charge in [0.05, 0.1) is 23.3 Å². The predicted molar refractivity (Wildman–Crippen MR) is 110 cm³/mol. The highest BCUT2D eigenvalue weighted by Crippen LogP contribution is 2.30. The maximum absolute atomic E-state index is 14.1. The van der Waals surface area contributed by atoms with Crippen molar-refractivity contribution in [3.05, 3.63) is 82.8 Å². The standard InChI is InChI=1S/C23H18F4N2O4/c1-2-33-21-16(9-15(11-29-21)13-4-3-5-14(8-13)22(31)32)12-28-20(30)18-7-6-17(10-19(18)24)23(25,26)27/h3-11H,2,12H2,1H3,(H,28,30)(H,31,32). The van der Waals surface area contributed by atoms with Crippen LogP contribution in [-0.4, -0.2) is 28.6 Å². The Hall–Kier alpha value is -3.95. The summed E-state index contributed by atoms with van der Waals surface area (Å²) < 4.78 is 57.7. The number of carbonyl (C=O) groups excluding carboxylic acids is 1. The zero-order valence-electron chi connectivity index (χ0n) is 17.2. The van der Waals surface area contributed by atoms with E-state index in [1.807, 2.05) is 0 Å². The second-order valence-corrected chi connectivity index (χ2v) is 6.88. The Bertz CT molecular complexity index is 1200. The number of carbonyl (C=O) groups is 2. The second-order valence-electron chi connectivity index (χ2n) is 6.88. The summed E-state index contributed by atoms with van der Waals surface area (Å²) in [5.74, 6) is -3.11. The zero-order chi connectivity index (χ0) is 24.2. The van der Waals surface area contributed by atoms with Crippen molar-refractivity contribution in [3.8, 4) is 17.0 Å². The van der Waals surface area contributed by atoms with E-state index < -0.39 is 35.0 Å². The number of ether oxygens (including phenoxy) is 1. The summed E-state index contributed by atoms with van der Waals surface area (Å²) in [5, 5.41) is 11.6. The number of alkyl halides is 3. The van der Waals surface area contributed by atoms with Crippen molar-refractivity contribution in [2.45, 2.75) is 19.6 Å². The van der Waals surface area contributed by atoms with Gasteiger partial charge in [-0.05, 0) is 48.9 Å². The molecule has 1 amide bonds. The normalized spacial score (nSPS) is 11.2. The van der Waals surface area contributed by atoms with Crippen LogP contribution >= 0.6 is 0 Å². The number of hydrogen-bond acceptors (Lipinski definition) is 4. The number of benzene rings is 2. The van der Waals surface area contributed by atoms with Gasteiger partial charge >= 0.3 is 12.1 Å². The molecule has 3 aromatic rings. The van der Waals surface area contributed by atoms with Crippen molar-refractivity contribution < 1.29 is 37.0 Å². The Balaban J connectivity index is 1.85. The van der Waals surface area contributed by atoms with E-state index in [1.165, 1.54) is 18.3 Å². The molecule has 1 heterocycles. The number of hydrogen-bond donors (Lipinski definition) is 2. The molecule has 0 aliphatic rings. The van der Waals surface area contributed by atoms with Crippen LogP contribution in [0.15, 0.2) is 54.7 Å². The first-order valence-corrected chi connectivity index (χ1v) is 9.70. The topological polar surface area (TPSA) is 88.5 Å². The molecular formula is C23H18F4N2O4. The van der Waals surface area contributed by atoms with Crippen molar-refractivity contribution in [1.29, 1.82) is 0 Å². The quantitative estimate of drug-likeness (QED) is 0.486. The third-order valence-electron chi connectivity index (χ3n) is 4.63. The molecule has 0 aliphatic heterocycles. The van der Waals surface area contributed by atoms with Crippen molar-refractivity contribution in [2.75, 3.05) is 6.61 Å². The first kappa shape index (κ1) is 23.7. The number of carboxylic acids is 1. The summed E-state index contributed by atoms with van der Waals surface area (Å²) in [6, 6.07) is 9.44. The molecule has 33 heavy (non-hydrogen) atoms. The second kappa shape index (κ2) is 9.68. The minimum atomic E-state index is -4.73. The largest absolute Gasteiger partial charge is 0.478 e. The van der Waals surface area contributed by atoms with Gasteiger partial charge in [0.15, 0.2) is 0 Å². The molecule has 0 saturated carbocycles. The summed E-state index contributed by atoms with van der Waals surface area (Å²) in [6.45, 7) is 1.84. The van der Waals surface area contributed by atoms with Crippen LogP contribution in [0.25, 0.3) is 11.1 Å². The zero-order valence-corrected chi connectivity index (χ0v) is 17.2. The lowest BCUT2D eigenvalue weighted by Crippen LogP contribution is -2.24. The van der Waals surface area contributed by atoms with E-state index in [9.17, 15) is 32.3 Å². The molecule has 0 spiro atoms. The molecule has 3 rings (SSSR count). The Labute approximate surface area is 185 Å². The molecule has 0 unspecified atom stereocenters. The lowest BCUT2D eigenvalue weighted by atomic mass is 10.0. The number of aromatic nitrogens is 1. The van der Waals surface area contributed by atoms with Gasteiger partial charge in [-0.15, -0.1) is 0 Å². The molecule has 0 aliphatic carbocycles. The van der Waals surface area contributed by atoms with Gasteiger partial charge < -0.3 is 15.2 Å². The minimum Gasteiger partial charge on any atom is -0.478 e. The summed E-state index contributed by atoms with van der Waals surface area (Å²) in [5.41, 5.74) is -0.141. The molecule has 0 fully saturated rings. The fourth-order valence-corrected chi connectivity index (χ4v) is 3.03. The Morgan fingerprint density at radius 2 is 1.85 bits per heavy atom. The van der Waals surface area contributed by atoms with Crippen LogP contribution in [0.5, 0.6) is 5.88 Å². The maximum atomic E-state index is 14.1. The number of aromatic carboxylic acids is 1. The summed E-state index contributed by atoms with van der Waals surface area (Å²) in [4.78, 5) is 27.8. The highest BCUT2D eigenvalue weighted by Gasteiger charge is 2.31. The Morgan fingerprint density at radius 1 is 1.09 bits per heavy atom. The van der Waals surface area contributed by atoms with Gasteiger partial charge in [0.1, 0.15) is 5.82 Å². The number of amides is 1. The van der Waals surface area contributed by atoms with Crippen LogP contribution in [0, 0.1) is 5.82 Å².